The molecule has 17 heavy (non-hydrogen) atoms. The molecule has 0 aromatic rings. The number of piperazine rings is 1. The molecule has 0 aliphatic carbocycles. The van der Waals surface area contributed by atoms with E-state index in [2.05, 4.69) is 20.9 Å². The van der Waals surface area contributed by atoms with E-state index in [4.69, 9.17) is 0 Å². The van der Waals surface area contributed by atoms with E-state index >= 15 is 0 Å². The van der Waals surface area contributed by atoms with Gasteiger partial charge in [-0.2, -0.15) is 0 Å². The molecule has 1 heterocycles. The molecule has 6 nitrogen and oxygen atoms in total. The Labute approximate surface area is 102 Å². The third kappa shape index (κ3) is 4.32. The molecule has 1 atom stereocenters. The number of hydrogen-bond acceptors (Lipinski definition) is 4. The summed E-state index contributed by atoms with van der Waals surface area (Å²) in [6, 6.07) is -0.159. The Hall–Kier alpha value is -1.14. The minimum absolute atomic E-state index is 0.0122. The minimum atomic E-state index is -0.159. The lowest BCUT2D eigenvalue weighted by molar-refractivity contribution is -0.128. The molecule has 2 amide bonds. The lowest BCUT2D eigenvalue weighted by Gasteiger charge is -2.34. The normalized spacial score (nSPS) is 20.9. The molecule has 0 bridgehead atoms. The van der Waals surface area contributed by atoms with E-state index in [-0.39, 0.29) is 17.9 Å². The number of carbonyl (C=O) groups excluding carboxylic acids is 2. The van der Waals surface area contributed by atoms with Crippen molar-refractivity contribution in [2.75, 3.05) is 39.8 Å². The number of nitrogens with one attached hydrogen (secondary N) is 3. The fourth-order valence-electron chi connectivity index (χ4n) is 1.93. The number of hydrogen-bond donors (Lipinski definition) is 3. The Kier molecular flexibility index (Phi) is 5.93. The molecule has 0 aromatic heterocycles. The van der Waals surface area contributed by atoms with Crippen LogP contribution in [0.15, 0.2) is 0 Å². The summed E-state index contributed by atoms with van der Waals surface area (Å²) < 4.78 is 0. The molecular formula is C11H22N4O2. The topological polar surface area (TPSA) is 73.5 Å². The molecule has 1 aliphatic heterocycles. The number of rotatable bonds is 5. The molecule has 0 saturated carbocycles. The van der Waals surface area contributed by atoms with Crippen molar-refractivity contribution >= 4 is 11.8 Å². The van der Waals surface area contributed by atoms with Gasteiger partial charge < -0.3 is 16.0 Å². The van der Waals surface area contributed by atoms with Gasteiger partial charge in [0.1, 0.15) is 6.04 Å². The van der Waals surface area contributed by atoms with Crippen LogP contribution in [-0.4, -0.2) is 62.5 Å². The standard InChI is InChI=1S/C11H22N4O2/c1-3-14-11(17)9-8-13-5-7-15(9)6-4-10(16)12-2/h9,13H,3-8H2,1-2H3,(H,12,16)(H,14,17). The molecule has 98 valence electrons. The van der Waals surface area contributed by atoms with Gasteiger partial charge in [-0.3, -0.25) is 14.5 Å². The molecule has 1 rings (SSSR count). The SMILES string of the molecule is CCNC(=O)C1CNCCN1CCC(=O)NC. The lowest BCUT2D eigenvalue weighted by Crippen LogP contribution is -2.58. The highest BCUT2D eigenvalue weighted by Gasteiger charge is 2.27. The van der Waals surface area contributed by atoms with E-state index in [0.717, 1.165) is 13.1 Å². The van der Waals surface area contributed by atoms with Crippen molar-refractivity contribution in [3.05, 3.63) is 0 Å². The van der Waals surface area contributed by atoms with E-state index in [9.17, 15) is 9.59 Å². The zero-order chi connectivity index (χ0) is 12.7. The van der Waals surface area contributed by atoms with Gasteiger partial charge in [-0.15, -0.1) is 0 Å². The maximum absolute atomic E-state index is 11.8. The van der Waals surface area contributed by atoms with E-state index in [1.807, 2.05) is 6.92 Å². The Morgan fingerprint density at radius 3 is 2.88 bits per heavy atom. The number of amides is 2. The van der Waals surface area contributed by atoms with Crippen molar-refractivity contribution in [1.82, 2.24) is 20.9 Å². The largest absolute Gasteiger partial charge is 0.359 e. The first-order chi connectivity index (χ1) is 8.19. The van der Waals surface area contributed by atoms with Crippen molar-refractivity contribution in [3.8, 4) is 0 Å². The van der Waals surface area contributed by atoms with Crippen LogP contribution in [0.3, 0.4) is 0 Å². The summed E-state index contributed by atoms with van der Waals surface area (Å²) in [6.45, 7) is 5.49. The van der Waals surface area contributed by atoms with Crippen LogP contribution in [-0.2, 0) is 9.59 Å². The van der Waals surface area contributed by atoms with Crippen molar-refractivity contribution in [3.63, 3.8) is 0 Å². The third-order valence-corrected chi connectivity index (χ3v) is 2.91. The maximum atomic E-state index is 11.8. The van der Waals surface area contributed by atoms with Crippen LogP contribution in [0.1, 0.15) is 13.3 Å². The fraction of sp³-hybridized carbons (Fsp3) is 0.818. The smallest absolute Gasteiger partial charge is 0.238 e. The predicted molar refractivity (Wildman–Crippen MR) is 65.6 cm³/mol. The van der Waals surface area contributed by atoms with Gasteiger partial charge in [-0.05, 0) is 6.92 Å². The first-order valence-corrected chi connectivity index (χ1v) is 6.12. The molecule has 1 aliphatic rings. The predicted octanol–water partition coefficient (Wildman–Crippen LogP) is -1.47. The molecule has 1 saturated heterocycles. The van der Waals surface area contributed by atoms with Gasteiger partial charge in [0.05, 0.1) is 0 Å². The molecule has 1 unspecified atom stereocenters. The average molecular weight is 242 g/mol. The van der Waals surface area contributed by atoms with Gasteiger partial charge in [0.25, 0.3) is 0 Å². The van der Waals surface area contributed by atoms with Crippen LogP contribution < -0.4 is 16.0 Å². The summed E-state index contributed by atoms with van der Waals surface area (Å²) >= 11 is 0. The van der Waals surface area contributed by atoms with Crippen molar-refractivity contribution in [2.45, 2.75) is 19.4 Å². The highest BCUT2D eigenvalue weighted by molar-refractivity contribution is 5.82. The molecule has 3 N–H and O–H groups in total. The fourth-order valence-corrected chi connectivity index (χ4v) is 1.93. The van der Waals surface area contributed by atoms with Gasteiger partial charge in [-0.25, -0.2) is 0 Å². The van der Waals surface area contributed by atoms with E-state index in [1.54, 1.807) is 7.05 Å². The second kappa shape index (κ2) is 7.24. The summed E-state index contributed by atoms with van der Waals surface area (Å²) in [5, 5.41) is 8.62. The first-order valence-electron chi connectivity index (χ1n) is 6.12. The van der Waals surface area contributed by atoms with Crippen LogP contribution in [0.25, 0.3) is 0 Å². The summed E-state index contributed by atoms with van der Waals surface area (Å²) in [5.74, 6) is 0.0507. The Bertz CT molecular complexity index is 270. The van der Waals surface area contributed by atoms with Gasteiger partial charge in [0.2, 0.25) is 11.8 Å². The zero-order valence-electron chi connectivity index (χ0n) is 10.6. The summed E-state index contributed by atoms with van der Waals surface area (Å²) in [7, 11) is 1.63. The quantitative estimate of drug-likeness (QED) is 0.550. The van der Waals surface area contributed by atoms with Gasteiger partial charge in [0, 0.05) is 46.2 Å². The van der Waals surface area contributed by atoms with Crippen LogP contribution in [0.5, 0.6) is 0 Å². The van der Waals surface area contributed by atoms with Crippen LogP contribution in [0.4, 0.5) is 0 Å². The highest BCUT2D eigenvalue weighted by Crippen LogP contribution is 2.04. The lowest BCUT2D eigenvalue weighted by atomic mass is 10.1. The summed E-state index contributed by atoms with van der Waals surface area (Å²) in [4.78, 5) is 25.1. The first kappa shape index (κ1) is 13.9. The average Bonchev–Trinajstić information content (AvgIpc) is 2.36. The third-order valence-electron chi connectivity index (χ3n) is 2.91. The van der Waals surface area contributed by atoms with Crippen LogP contribution >= 0.6 is 0 Å². The van der Waals surface area contributed by atoms with Gasteiger partial charge in [0.15, 0.2) is 0 Å². The van der Waals surface area contributed by atoms with Gasteiger partial charge >= 0.3 is 0 Å². The summed E-state index contributed by atoms with van der Waals surface area (Å²) in [6.07, 6.45) is 0.437. The minimum Gasteiger partial charge on any atom is -0.359 e. The van der Waals surface area contributed by atoms with Crippen molar-refractivity contribution in [1.29, 1.82) is 0 Å². The molecule has 0 aromatic carbocycles. The Morgan fingerprint density at radius 1 is 1.47 bits per heavy atom. The maximum Gasteiger partial charge on any atom is 0.238 e. The molecular weight excluding hydrogens is 220 g/mol. The second-order valence-corrected chi connectivity index (χ2v) is 4.07. The number of carbonyl (C=O) groups is 2. The van der Waals surface area contributed by atoms with E-state index in [1.165, 1.54) is 0 Å². The van der Waals surface area contributed by atoms with Crippen LogP contribution in [0.2, 0.25) is 0 Å². The van der Waals surface area contributed by atoms with Gasteiger partial charge in [-0.1, -0.05) is 0 Å². The molecule has 6 heteroatoms. The van der Waals surface area contributed by atoms with Crippen molar-refractivity contribution in [2.24, 2.45) is 0 Å². The zero-order valence-corrected chi connectivity index (χ0v) is 10.6. The highest BCUT2D eigenvalue weighted by atomic mass is 16.2. The molecule has 0 spiro atoms. The Balaban J connectivity index is 2.47. The van der Waals surface area contributed by atoms with E-state index in [0.29, 0.717) is 26.1 Å². The second-order valence-electron chi connectivity index (χ2n) is 4.07. The number of nitrogens with zero attached hydrogens (tertiary/aromatic N) is 1. The van der Waals surface area contributed by atoms with Crippen molar-refractivity contribution < 1.29 is 9.59 Å². The van der Waals surface area contributed by atoms with E-state index < -0.39 is 0 Å². The Morgan fingerprint density at radius 2 is 2.24 bits per heavy atom. The molecule has 0 radical (unpaired) electrons. The molecule has 1 fully saturated rings. The monoisotopic (exact) mass is 242 g/mol. The summed E-state index contributed by atoms with van der Waals surface area (Å²) in [5.41, 5.74) is 0. The van der Waals surface area contributed by atoms with Crippen LogP contribution in [0, 0.1) is 0 Å². The number of likely N-dealkylation sites (N-methyl/N-ethyl adjacent to an activating group) is 1.